The number of benzene rings is 12. The van der Waals surface area contributed by atoms with Crippen LogP contribution in [0.5, 0.6) is 0 Å². The topological polar surface area (TPSA) is 19.6 Å². The smallest absolute Gasteiger partial charge is 0.159 e. The lowest BCUT2D eigenvalue weighted by molar-refractivity contribution is 0.663. The van der Waals surface area contributed by atoms with Gasteiger partial charge in [0.15, 0.2) is 5.58 Å². The van der Waals surface area contributed by atoms with Crippen molar-refractivity contribution < 1.29 is 4.42 Å². The number of hydrogen-bond acceptors (Lipinski definition) is 3. The summed E-state index contributed by atoms with van der Waals surface area (Å²) in [7, 11) is 0. The molecular weight excluding hydrogens is 801 g/mol. The van der Waals surface area contributed by atoms with Crippen molar-refractivity contribution in [2.75, 3.05) is 9.80 Å². The Morgan fingerprint density at radius 3 is 1.56 bits per heavy atom. The molecule has 0 spiro atoms. The number of fused-ring (bicyclic) bond motifs is 3. The minimum atomic E-state index is -0.139. The molecule has 0 aliphatic heterocycles. The highest BCUT2D eigenvalue weighted by molar-refractivity contribution is 6.28. The van der Waals surface area contributed by atoms with E-state index < -0.39 is 0 Å². The Labute approximate surface area is 382 Å². The van der Waals surface area contributed by atoms with Crippen molar-refractivity contribution in [3.8, 4) is 11.1 Å². The highest BCUT2D eigenvalue weighted by Crippen LogP contribution is 2.53. The van der Waals surface area contributed by atoms with Crippen LogP contribution in [0.3, 0.4) is 0 Å². The molecule has 1 heterocycles. The summed E-state index contributed by atoms with van der Waals surface area (Å²) in [5.41, 5.74) is 13.2. The van der Waals surface area contributed by atoms with Crippen LogP contribution >= 0.6 is 0 Å². The summed E-state index contributed by atoms with van der Waals surface area (Å²) in [6, 6.07) is 80.0. The molecule has 0 saturated heterocycles. The molecule has 12 aromatic carbocycles. The van der Waals surface area contributed by atoms with E-state index in [4.69, 9.17) is 4.42 Å². The molecule has 3 nitrogen and oxygen atoms in total. The predicted molar refractivity (Wildman–Crippen MR) is 279 cm³/mol. The molecule has 14 rings (SSSR count). The van der Waals surface area contributed by atoms with E-state index in [1.165, 1.54) is 65.0 Å². The van der Waals surface area contributed by atoms with Crippen molar-refractivity contribution in [2.24, 2.45) is 0 Å². The second kappa shape index (κ2) is 13.8. The van der Waals surface area contributed by atoms with Crippen molar-refractivity contribution >= 4 is 110 Å². The Kier molecular flexibility index (Phi) is 7.74. The molecule has 0 radical (unpaired) electrons. The molecule has 3 heteroatoms. The number of rotatable bonds is 7. The van der Waals surface area contributed by atoms with Gasteiger partial charge in [0.1, 0.15) is 5.58 Å². The molecule has 66 heavy (non-hydrogen) atoms. The van der Waals surface area contributed by atoms with Crippen LogP contribution in [0.15, 0.2) is 223 Å². The van der Waals surface area contributed by atoms with Gasteiger partial charge in [0, 0.05) is 49.6 Å². The summed E-state index contributed by atoms with van der Waals surface area (Å²) < 4.78 is 7.07. The molecule has 0 fully saturated rings. The number of para-hydroxylation sites is 4. The Morgan fingerprint density at radius 2 is 0.864 bits per heavy atom. The summed E-state index contributed by atoms with van der Waals surface area (Å²) in [4.78, 5) is 4.87. The van der Waals surface area contributed by atoms with E-state index in [1.807, 2.05) is 0 Å². The highest BCUT2D eigenvalue weighted by atomic mass is 16.3. The SMILES string of the molecule is CC1(C)c2cccc3ccc4cc(N(c5ccccc5)c5ccc6ccc7c(N(c8ccccc8)c8cccc9c8oc8c(-c%10ccccc%10)cccc89)ccc8ccc5c6c87)cc1c4c23. The van der Waals surface area contributed by atoms with Gasteiger partial charge in [-0.15, -0.1) is 0 Å². The first-order valence-corrected chi connectivity index (χ1v) is 22.9. The maximum absolute atomic E-state index is 7.07. The Balaban J connectivity index is 1.00. The van der Waals surface area contributed by atoms with Crippen LogP contribution in [0.4, 0.5) is 34.1 Å². The van der Waals surface area contributed by atoms with Crippen LogP contribution in [-0.4, -0.2) is 0 Å². The van der Waals surface area contributed by atoms with Gasteiger partial charge in [-0.3, -0.25) is 0 Å². The van der Waals surface area contributed by atoms with Crippen LogP contribution in [0.1, 0.15) is 25.0 Å². The fraction of sp³-hybridized carbons (Fsp3) is 0.0476. The van der Waals surface area contributed by atoms with Gasteiger partial charge < -0.3 is 14.2 Å². The molecule has 0 atom stereocenters. The fourth-order valence-corrected chi connectivity index (χ4v) is 11.5. The molecule has 310 valence electrons. The second-order valence-electron chi connectivity index (χ2n) is 18.4. The van der Waals surface area contributed by atoms with Crippen LogP contribution < -0.4 is 9.80 Å². The third kappa shape index (κ3) is 5.20. The van der Waals surface area contributed by atoms with Crippen LogP contribution in [-0.2, 0) is 5.41 Å². The van der Waals surface area contributed by atoms with Crippen molar-refractivity contribution in [2.45, 2.75) is 19.3 Å². The van der Waals surface area contributed by atoms with Gasteiger partial charge in [-0.25, -0.2) is 0 Å². The van der Waals surface area contributed by atoms with Crippen LogP contribution in [0.2, 0.25) is 0 Å². The first-order chi connectivity index (χ1) is 32.5. The van der Waals surface area contributed by atoms with Crippen molar-refractivity contribution in [1.29, 1.82) is 0 Å². The van der Waals surface area contributed by atoms with Gasteiger partial charge in [0.2, 0.25) is 0 Å². The number of furan rings is 1. The normalized spacial score (nSPS) is 13.1. The van der Waals surface area contributed by atoms with E-state index in [2.05, 4.69) is 242 Å². The van der Waals surface area contributed by atoms with Gasteiger partial charge in [-0.1, -0.05) is 178 Å². The molecule has 13 aromatic rings. The molecule has 1 aliphatic carbocycles. The largest absolute Gasteiger partial charge is 0.453 e. The Hall–Kier alpha value is -8.40. The van der Waals surface area contributed by atoms with Gasteiger partial charge in [0.25, 0.3) is 0 Å². The van der Waals surface area contributed by atoms with Gasteiger partial charge in [-0.05, 0) is 114 Å². The first kappa shape index (κ1) is 37.0. The molecule has 1 aliphatic rings. The average molecular weight is 843 g/mol. The van der Waals surface area contributed by atoms with Gasteiger partial charge in [-0.2, -0.15) is 0 Å². The van der Waals surface area contributed by atoms with E-state index in [1.54, 1.807) is 0 Å². The monoisotopic (exact) mass is 842 g/mol. The molecular formula is C63H42N2O. The average Bonchev–Trinajstić information content (AvgIpc) is 3.87. The Bertz CT molecular complexity index is 4080. The lowest BCUT2D eigenvalue weighted by atomic mass is 9.81. The minimum Gasteiger partial charge on any atom is -0.453 e. The molecule has 0 saturated carbocycles. The van der Waals surface area contributed by atoms with E-state index in [0.29, 0.717) is 0 Å². The summed E-state index contributed by atoms with van der Waals surface area (Å²) >= 11 is 0. The zero-order chi connectivity index (χ0) is 43.7. The van der Waals surface area contributed by atoms with Gasteiger partial charge in [0.05, 0.1) is 17.1 Å². The Morgan fingerprint density at radius 1 is 0.333 bits per heavy atom. The minimum absolute atomic E-state index is 0.139. The standard InChI is InChI=1S/C63H42N2O/c1-63(2)52-25-12-17-40-27-28-43-37-46(38-53(63)60(43)59(40)52)64(44-18-8-4-9-19-44)54-35-31-41-30-34-51-55(36-32-42-29-33-50(54)57(41)58(42)51)65(45-20-10-5-11-21-45)56-26-14-24-49-48-23-13-22-47(61(48)66-62(49)56)39-15-6-3-7-16-39/h3-38H,1-2H3. The van der Waals surface area contributed by atoms with Crippen molar-refractivity contribution in [1.82, 2.24) is 0 Å². The maximum Gasteiger partial charge on any atom is 0.159 e. The molecule has 1 aromatic heterocycles. The fourth-order valence-electron chi connectivity index (χ4n) is 11.5. The third-order valence-electron chi connectivity index (χ3n) is 14.5. The first-order valence-electron chi connectivity index (χ1n) is 22.9. The summed E-state index contributed by atoms with van der Waals surface area (Å²) in [6.45, 7) is 4.77. The van der Waals surface area contributed by atoms with E-state index >= 15 is 0 Å². The second-order valence-corrected chi connectivity index (χ2v) is 18.4. The van der Waals surface area contributed by atoms with E-state index in [0.717, 1.165) is 67.2 Å². The molecule has 0 amide bonds. The lowest BCUT2D eigenvalue weighted by Crippen LogP contribution is -2.17. The maximum atomic E-state index is 7.07. The van der Waals surface area contributed by atoms with Crippen molar-refractivity contribution in [3.63, 3.8) is 0 Å². The quantitative estimate of drug-likeness (QED) is 0.149. The lowest BCUT2D eigenvalue weighted by Gasteiger charge is -2.30. The van der Waals surface area contributed by atoms with Gasteiger partial charge >= 0.3 is 0 Å². The van der Waals surface area contributed by atoms with Crippen molar-refractivity contribution in [3.05, 3.63) is 230 Å². The zero-order valence-corrected chi connectivity index (χ0v) is 36.6. The molecule has 0 bridgehead atoms. The number of anilines is 6. The van der Waals surface area contributed by atoms with Crippen LogP contribution in [0, 0.1) is 0 Å². The van der Waals surface area contributed by atoms with E-state index in [-0.39, 0.29) is 5.41 Å². The zero-order valence-electron chi connectivity index (χ0n) is 36.6. The molecule has 0 unspecified atom stereocenters. The third-order valence-corrected chi connectivity index (χ3v) is 14.5. The summed E-state index contributed by atoms with van der Waals surface area (Å²) in [6.07, 6.45) is 0. The molecule has 0 N–H and O–H groups in total. The highest BCUT2D eigenvalue weighted by Gasteiger charge is 2.35. The predicted octanol–water partition coefficient (Wildman–Crippen LogP) is 18.0. The number of nitrogens with zero attached hydrogens (tertiary/aromatic N) is 2. The van der Waals surface area contributed by atoms with E-state index in [9.17, 15) is 0 Å². The van der Waals surface area contributed by atoms with Crippen LogP contribution in [0.25, 0.3) is 86.9 Å². The number of hydrogen-bond donors (Lipinski definition) is 0. The summed E-state index contributed by atoms with van der Waals surface area (Å²) in [5, 5.41) is 14.9. The summed E-state index contributed by atoms with van der Waals surface area (Å²) in [5.74, 6) is 0.